The number of alkyl halides is 3. The highest BCUT2D eigenvalue weighted by Crippen LogP contribution is 2.29. The Morgan fingerprint density at radius 2 is 1.79 bits per heavy atom. The predicted molar refractivity (Wildman–Crippen MR) is 107 cm³/mol. The van der Waals surface area contributed by atoms with Crippen molar-refractivity contribution in [3.63, 3.8) is 0 Å². The van der Waals surface area contributed by atoms with E-state index < -0.39 is 11.9 Å². The second-order valence-corrected chi connectivity index (χ2v) is 7.15. The molecule has 3 rings (SSSR count). The molecule has 3 aromatic rings. The summed E-state index contributed by atoms with van der Waals surface area (Å²) in [5.74, 6) is 1.45. The van der Waals surface area contributed by atoms with Crippen LogP contribution in [0.5, 0.6) is 0 Å². The Hall–Kier alpha value is -2.81. The van der Waals surface area contributed by atoms with E-state index >= 15 is 0 Å². The number of nitrogens with one attached hydrogen (secondary N) is 2. The molecule has 0 aliphatic rings. The smallest absolute Gasteiger partial charge is 0.434 e. The van der Waals surface area contributed by atoms with E-state index in [-0.39, 0.29) is 0 Å². The molecule has 5 nitrogen and oxygen atoms in total. The van der Waals surface area contributed by atoms with Crippen LogP contribution in [0.25, 0.3) is 0 Å². The fraction of sp³-hybridized carbons (Fsp3) is 0.300. The Morgan fingerprint density at radius 1 is 1.03 bits per heavy atom. The van der Waals surface area contributed by atoms with Crippen molar-refractivity contribution < 1.29 is 17.6 Å². The van der Waals surface area contributed by atoms with Crippen LogP contribution in [0, 0.1) is 0 Å². The van der Waals surface area contributed by atoms with E-state index in [4.69, 9.17) is 4.42 Å². The normalized spacial score (nSPS) is 12.2. The third-order valence-corrected chi connectivity index (χ3v) is 4.89. The second-order valence-electron chi connectivity index (χ2n) is 6.21. The van der Waals surface area contributed by atoms with Crippen LogP contribution in [-0.4, -0.2) is 24.0 Å². The topological polar surface area (TPSA) is 62.5 Å². The summed E-state index contributed by atoms with van der Waals surface area (Å²) >= 11 is 1.01. The number of aliphatic imine (C=N–C) groups is 1. The van der Waals surface area contributed by atoms with Crippen LogP contribution in [0.4, 0.5) is 13.2 Å². The largest absolute Gasteiger partial charge is 0.469 e. The molecule has 154 valence electrons. The Kier molecular flexibility index (Phi) is 7.29. The molecule has 0 aliphatic carbocycles. The Morgan fingerprint density at radius 3 is 2.45 bits per heavy atom. The number of benzene rings is 1. The van der Waals surface area contributed by atoms with Crippen molar-refractivity contribution in [2.75, 3.05) is 13.1 Å². The van der Waals surface area contributed by atoms with Crippen molar-refractivity contribution in [1.82, 2.24) is 15.6 Å². The third kappa shape index (κ3) is 6.94. The van der Waals surface area contributed by atoms with Gasteiger partial charge in [0.15, 0.2) is 11.7 Å². The molecule has 0 unspecified atom stereocenters. The fourth-order valence-corrected chi connectivity index (χ4v) is 3.34. The van der Waals surface area contributed by atoms with Gasteiger partial charge in [-0.1, -0.05) is 30.3 Å². The first-order valence-corrected chi connectivity index (χ1v) is 9.99. The molecule has 2 N–H and O–H groups in total. The number of aromatic nitrogens is 1. The van der Waals surface area contributed by atoms with Crippen molar-refractivity contribution in [3.05, 3.63) is 76.1 Å². The molecule has 0 saturated heterocycles. The number of hydrogen-bond donors (Lipinski definition) is 2. The van der Waals surface area contributed by atoms with E-state index in [0.717, 1.165) is 28.0 Å². The van der Waals surface area contributed by atoms with Crippen LogP contribution < -0.4 is 10.6 Å². The summed E-state index contributed by atoms with van der Waals surface area (Å²) in [6.45, 7) is 1.53. The van der Waals surface area contributed by atoms with Gasteiger partial charge in [-0.05, 0) is 17.7 Å². The monoisotopic (exact) mass is 422 g/mol. The number of nitrogens with zero attached hydrogens (tertiary/aromatic N) is 2. The fourth-order valence-electron chi connectivity index (χ4n) is 2.53. The maximum Gasteiger partial charge on any atom is 0.434 e. The molecule has 0 atom stereocenters. The first-order valence-electron chi connectivity index (χ1n) is 9.11. The molecule has 0 radical (unpaired) electrons. The zero-order valence-corrected chi connectivity index (χ0v) is 16.4. The number of thiazole rings is 1. The summed E-state index contributed by atoms with van der Waals surface area (Å²) in [4.78, 5) is 8.20. The molecule has 29 heavy (non-hydrogen) atoms. The molecule has 0 fully saturated rings. The highest BCUT2D eigenvalue weighted by Gasteiger charge is 2.33. The summed E-state index contributed by atoms with van der Waals surface area (Å²) in [5, 5.41) is 7.86. The minimum atomic E-state index is -4.40. The number of hydrogen-bond acceptors (Lipinski definition) is 4. The molecule has 0 spiro atoms. The van der Waals surface area contributed by atoms with Gasteiger partial charge in [-0.2, -0.15) is 13.2 Å². The average molecular weight is 422 g/mol. The van der Waals surface area contributed by atoms with E-state index in [1.165, 1.54) is 0 Å². The number of halogens is 3. The van der Waals surface area contributed by atoms with Gasteiger partial charge in [0.1, 0.15) is 5.76 Å². The summed E-state index contributed by atoms with van der Waals surface area (Å²) in [6.07, 6.45) is -1.70. The van der Waals surface area contributed by atoms with Crippen LogP contribution in [0.1, 0.15) is 22.0 Å². The number of guanidine groups is 1. The molecular weight excluding hydrogens is 401 g/mol. The van der Waals surface area contributed by atoms with Crippen LogP contribution in [-0.2, 0) is 25.6 Å². The van der Waals surface area contributed by atoms with Gasteiger partial charge >= 0.3 is 6.18 Å². The van der Waals surface area contributed by atoms with Crippen molar-refractivity contribution in [3.8, 4) is 0 Å². The van der Waals surface area contributed by atoms with Gasteiger partial charge in [-0.15, -0.1) is 11.3 Å². The lowest BCUT2D eigenvalue weighted by Gasteiger charge is -2.12. The minimum absolute atomic E-state index is 0.380. The lowest BCUT2D eigenvalue weighted by molar-refractivity contribution is -0.140. The lowest BCUT2D eigenvalue weighted by atomic mass is 10.2. The van der Waals surface area contributed by atoms with Crippen LogP contribution in [0.3, 0.4) is 0 Å². The van der Waals surface area contributed by atoms with Gasteiger partial charge < -0.3 is 15.1 Å². The van der Waals surface area contributed by atoms with Gasteiger partial charge in [-0.25, -0.2) is 9.98 Å². The van der Waals surface area contributed by atoms with Crippen molar-refractivity contribution in [2.24, 2.45) is 4.99 Å². The van der Waals surface area contributed by atoms with Gasteiger partial charge in [0.2, 0.25) is 0 Å². The van der Waals surface area contributed by atoms with E-state index in [1.807, 2.05) is 42.5 Å². The highest BCUT2D eigenvalue weighted by molar-refractivity contribution is 7.09. The third-order valence-electron chi connectivity index (χ3n) is 3.98. The van der Waals surface area contributed by atoms with E-state index in [0.29, 0.717) is 43.4 Å². The first-order chi connectivity index (χ1) is 14.0. The Balaban J connectivity index is 1.54. The van der Waals surface area contributed by atoms with Gasteiger partial charge in [0.05, 0.1) is 17.8 Å². The maximum absolute atomic E-state index is 12.7. The number of furan rings is 1. The van der Waals surface area contributed by atoms with E-state index in [2.05, 4.69) is 20.6 Å². The summed E-state index contributed by atoms with van der Waals surface area (Å²) < 4.78 is 43.3. The summed E-state index contributed by atoms with van der Waals surface area (Å²) in [6, 6.07) is 13.5. The van der Waals surface area contributed by atoms with Crippen LogP contribution >= 0.6 is 11.3 Å². The Bertz CT molecular complexity index is 892. The quantitative estimate of drug-likeness (QED) is 0.420. The average Bonchev–Trinajstić information content (AvgIpc) is 3.38. The van der Waals surface area contributed by atoms with E-state index in [9.17, 15) is 13.2 Å². The second kappa shape index (κ2) is 10.1. The molecule has 0 saturated carbocycles. The Labute approximate surface area is 170 Å². The molecule has 0 aliphatic heterocycles. The van der Waals surface area contributed by atoms with Crippen LogP contribution in [0.2, 0.25) is 0 Å². The van der Waals surface area contributed by atoms with Crippen LogP contribution in [0.15, 0.2) is 63.5 Å². The standard InChI is InChI=1S/C20H21F3N4OS/c21-20(22,23)17-14-29-18(27-17)9-11-25-19(24-10-8-16-7-4-12-28-16)26-13-15-5-2-1-3-6-15/h1-7,12,14H,8-11,13H2,(H2,24,25,26). The first kappa shape index (κ1) is 20.9. The molecule has 1 aromatic carbocycles. The molecule has 0 amide bonds. The van der Waals surface area contributed by atoms with Gasteiger partial charge in [0, 0.05) is 31.3 Å². The van der Waals surface area contributed by atoms with Gasteiger partial charge in [0.25, 0.3) is 0 Å². The summed E-state index contributed by atoms with van der Waals surface area (Å²) in [7, 11) is 0. The highest BCUT2D eigenvalue weighted by atomic mass is 32.1. The van der Waals surface area contributed by atoms with Crippen molar-refractivity contribution >= 4 is 17.3 Å². The summed E-state index contributed by atoms with van der Waals surface area (Å²) in [5.41, 5.74) is 0.224. The zero-order valence-electron chi connectivity index (χ0n) is 15.6. The maximum atomic E-state index is 12.7. The zero-order chi connectivity index (χ0) is 20.5. The predicted octanol–water partition coefficient (Wildman–Crippen LogP) is 4.28. The molecule has 2 aromatic heterocycles. The van der Waals surface area contributed by atoms with E-state index in [1.54, 1.807) is 6.26 Å². The van der Waals surface area contributed by atoms with Crippen molar-refractivity contribution in [2.45, 2.75) is 25.6 Å². The molecule has 2 heterocycles. The molecular formula is C20H21F3N4OS. The van der Waals surface area contributed by atoms with Gasteiger partial charge in [-0.3, -0.25) is 0 Å². The minimum Gasteiger partial charge on any atom is -0.469 e. The molecule has 9 heteroatoms. The molecule has 0 bridgehead atoms. The SMILES string of the molecule is FC(F)(F)c1csc(CCNC(=NCc2ccccc2)NCCc2ccco2)n1. The number of rotatable bonds is 8. The lowest BCUT2D eigenvalue weighted by Crippen LogP contribution is -2.39. The van der Waals surface area contributed by atoms with Crippen molar-refractivity contribution in [1.29, 1.82) is 0 Å².